The van der Waals surface area contributed by atoms with Crippen LogP contribution in [-0.4, -0.2) is 36.1 Å². The van der Waals surface area contributed by atoms with Crippen LogP contribution >= 0.6 is 15.2 Å². The van der Waals surface area contributed by atoms with Gasteiger partial charge in [-0.3, -0.25) is 19.4 Å². The third-order valence-corrected chi connectivity index (χ3v) is 8.01. The van der Waals surface area contributed by atoms with Crippen molar-refractivity contribution in [3.8, 4) is 0 Å². The molecule has 0 saturated heterocycles. The smallest absolute Gasteiger partial charge is 0.322 e. The molecule has 1 aliphatic carbocycles. The molecule has 1 fully saturated rings. The Labute approximate surface area is 121 Å². The van der Waals surface area contributed by atoms with Gasteiger partial charge >= 0.3 is 15.2 Å². The van der Waals surface area contributed by atoms with Gasteiger partial charge in [0.15, 0.2) is 5.78 Å². The Morgan fingerprint density at radius 1 is 1.10 bits per heavy atom. The van der Waals surface area contributed by atoms with E-state index < -0.39 is 26.6 Å². The van der Waals surface area contributed by atoms with E-state index in [-0.39, 0.29) is 17.4 Å². The molecule has 0 unspecified atom stereocenters. The zero-order valence-corrected chi connectivity index (χ0v) is 13.0. The Bertz CT molecular complexity index is 536. The van der Waals surface area contributed by atoms with Crippen molar-refractivity contribution in [3.63, 3.8) is 0 Å². The van der Waals surface area contributed by atoms with Crippen molar-refractivity contribution in [2.75, 3.05) is 0 Å². The van der Waals surface area contributed by atoms with Crippen LogP contribution in [0.5, 0.6) is 0 Å². The van der Waals surface area contributed by atoms with Crippen LogP contribution in [-0.2, 0) is 13.9 Å². The first-order chi connectivity index (χ1) is 9.58. The van der Waals surface area contributed by atoms with E-state index in [1.807, 2.05) is 5.43 Å². The van der Waals surface area contributed by atoms with Crippen LogP contribution in [0.25, 0.3) is 0 Å². The molecule has 0 bridgehead atoms. The van der Waals surface area contributed by atoms with Crippen LogP contribution in [0.2, 0.25) is 0 Å². The molecule has 2 aliphatic rings. The van der Waals surface area contributed by atoms with E-state index in [0.717, 1.165) is 19.3 Å². The zero-order chi connectivity index (χ0) is 15.9. The molecule has 0 aromatic heterocycles. The third-order valence-electron chi connectivity index (χ3n) is 4.01. The first-order valence-electron chi connectivity index (χ1n) is 6.58. The molecule has 1 aliphatic heterocycles. The average molecular weight is 340 g/mol. The van der Waals surface area contributed by atoms with Crippen molar-refractivity contribution < 1.29 is 33.5 Å². The van der Waals surface area contributed by atoms with Gasteiger partial charge in [0, 0.05) is 12.3 Å². The lowest BCUT2D eigenvalue weighted by molar-refractivity contribution is -0.117. The summed E-state index contributed by atoms with van der Waals surface area (Å²) in [7, 11) is -10.4. The maximum absolute atomic E-state index is 12.3. The number of nitrogens with one attached hydrogen (secondary N) is 1. The minimum atomic E-state index is -5.22. The number of hydrazone groups is 1. The molecule has 9 nitrogen and oxygen atoms in total. The van der Waals surface area contributed by atoms with Crippen molar-refractivity contribution in [2.45, 2.75) is 43.5 Å². The summed E-state index contributed by atoms with van der Waals surface area (Å²) in [5, 5.41) is 0.710. The maximum Gasteiger partial charge on any atom is 0.365 e. The van der Waals surface area contributed by atoms with Crippen LogP contribution < -0.4 is 5.43 Å². The van der Waals surface area contributed by atoms with Gasteiger partial charge in [-0.2, -0.15) is 5.10 Å². The Balaban J connectivity index is 2.22. The molecule has 1 saturated carbocycles. The molecule has 1 heterocycles. The second-order valence-corrected chi connectivity index (χ2v) is 9.51. The first-order valence-corrected chi connectivity index (χ1v) is 9.80. The molecule has 5 N–H and O–H groups in total. The Morgan fingerprint density at radius 3 is 2.05 bits per heavy atom. The maximum atomic E-state index is 12.3. The quantitative estimate of drug-likeness (QED) is 0.463. The summed E-state index contributed by atoms with van der Waals surface area (Å²) in [6.45, 7) is 0. The van der Waals surface area contributed by atoms with E-state index in [1.54, 1.807) is 0 Å². The molecule has 0 amide bonds. The first kappa shape index (κ1) is 16.8. The molecular weight excluding hydrogens is 322 g/mol. The predicted octanol–water partition coefficient (Wildman–Crippen LogP) is 0.494. The molecular formula is C10H18N2O7P2. The highest BCUT2D eigenvalue weighted by molar-refractivity contribution is 7.72. The molecule has 0 aromatic carbocycles. The number of carbonyl (C=O) groups excluding carboxylic acids is 1. The second-order valence-electron chi connectivity index (χ2n) is 5.45. The number of ketones is 1. The van der Waals surface area contributed by atoms with E-state index in [1.165, 1.54) is 0 Å². The standard InChI is InChI=1S/C10H18N2O7P2/c13-9(7-4-2-1-3-5-7)8-6-10(12-11-8,20(14,15)16)21(17,18)19/h7,12H,1-6H2,(H2,14,15,16)(H2,17,18,19). The van der Waals surface area contributed by atoms with Gasteiger partial charge in [-0.25, -0.2) is 0 Å². The van der Waals surface area contributed by atoms with Gasteiger partial charge in [0.05, 0.1) is 0 Å². The molecule has 0 spiro atoms. The number of Topliss-reactive ketones (excluding diaryl/α,β-unsaturated/α-hetero) is 1. The van der Waals surface area contributed by atoms with Gasteiger partial charge in [0.25, 0.3) is 5.02 Å². The minimum Gasteiger partial charge on any atom is -0.322 e. The lowest BCUT2D eigenvalue weighted by atomic mass is 9.84. The van der Waals surface area contributed by atoms with Gasteiger partial charge in [0.2, 0.25) is 0 Å². The van der Waals surface area contributed by atoms with Crippen LogP contribution in [0.3, 0.4) is 0 Å². The highest BCUT2D eigenvalue weighted by Crippen LogP contribution is 2.70. The van der Waals surface area contributed by atoms with E-state index in [0.29, 0.717) is 12.8 Å². The van der Waals surface area contributed by atoms with Crippen LogP contribution in [0.4, 0.5) is 0 Å². The summed E-state index contributed by atoms with van der Waals surface area (Å²) in [5.74, 6) is -0.672. The summed E-state index contributed by atoms with van der Waals surface area (Å²) in [5.41, 5.74) is 1.66. The predicted molar refractivity (Wildman–Crippen MR) is 73.6 cm³/mol. The number of nitrogens with zero attached hydrogens (tertiary/aromatic N) is 1. The van der Waals surface area contributed by atoms with Gasteiger partial charge in [0.1, 0.15) is 5.71 Å². The van der Waals surface area contributed by atoms with Crippen LogP contribution in [0.1, 0.15) is 38.5 Å². The molecule has 120 valence electrons. The van der Waals surface area contributed by atoms with E-state index in [2.05, 4.69) is 5.10 Å². The zero-order valence-electron chi connectivity index (χ0n) is 11.2. The summed E-state index contributed by atoms with van der Waals surface area (Å²) >= 11 is 0. The molecule has 2 rings (SSSR count). The largest absolute Gasteiger partial charge is 0.365 e. The lowest BCUT2D eigenvalue weighted by Gasteiger charge is -2.29. The normalized spacial score (nSPS) is 23.5. The lowest BCUT2D eigenvalue weighted by Crippen LogP contribution is -2.39. The van der Waals surface area contributed by atoms with Crippen molar-refractivity contribution in [1.82, 2.24) is 5.43 Å². The van der Waals surface area contributed by atoms with Crippen molar-refractivity contribution in [1.29, 1.82) is 0 Å². The molecule has 0 radical (unpaired) electrons. The summed E-state index contributed by atoms with van der Waals surface area (Å²) < 4.78 is 23.0. The third kappa shape index (κ3) is 2.99. The van der Waals surface area contributed by atoms with Gasteiger partial charge in [-0.1, -0.05) is 19.3 Å². The van der Waals surface area contributed by atoms with Crippen molar-refractivity contribution >= 4 is 26.7 Å². The fraction of sp³-hybridized carbons (Fsp3) is 0.800. The fourth-order valence-corrected chi connectivity index (χ4v) is 5.15. The topological polar surface area (TPSA) is 157 Å². The summed E-state index contributed by atoms with van der Waals surface area (Å²) in [6.07, 6.45) is 3.37. The fourth-order valence-electron chi connectivity index (χ4n) is 2.72. The van der Waals surface area contributed by atoms with Crippen LogP contribution in [0, 0.1) is 5.92 Å². The van der Waals surface area contributed by atoms with E-state index in [4.69, 9.17) is 0 Å². The highest BCUT2D eigenvalue weighted by Gasteiger charge is 2.64. The number of hydrogen-bond acceptors (Lipinski definition) is 5. The molecule has 0 atom stereocenters. The van der Waals surface area contributed by atoms with Crippen molar-refractivity contribution in [2.24, 2.45) is 11.0 Å². The molecule has 11 heteroatoms. The van der Waals surface area contributed by atoms with Gasteiger partial charge in [-0.05, 0) is 12.8 Å². The van der Waals surface area contributed by atoms with E-state index >= 15 is 0 Å². The molecule has 0 aromatic rings. The number of carbonyl (C=O) groups is 1. The Kier molecular flexibility index (Phi) is 4.46. The highest BCUT2D eigenvalue weighted by atomic mass is 31.2. The number of hydrogen-bond donors (Lipinski definition) is 5. The Morgan fingerprint density at radius 2 is 1.62 bits per heavy atom. The van der Waals surface area contributed by atoms with Crippen molar-refractivity contribution in [3.05, 3.63) is 0 Å². The Hall–Kier alpha value is -0.560. The summed E-state index contributed by atoms with van der Waals surface area (Å²) in [4.78, 5) is 49.4. The van der Waals surface area contributed by atoms with E-state index in [9.17, 15) is 33.5 Å². The summed E-state index contributed by atoms with van der Waals surface area (Å²) in [6, 6.07) is 0. The van der Waals surface area contributed by atoms with Crippen LogP contribution in [0.15, 0.2) is 5.10 Å². The monoisotopic (exact) mass is 340 g/mol. The molecule has 21 heavy (non-hydrogen) atoms. The van der Waals surface area contributed by atoms with Gasteiger partial charge in [-0.15, -0.1) is 0 Å². The van der Waals surface area contributed by atoms with Gasteiger partial charge < -0.3 is 19.6 Å². The SMILES string of the molecule is O=C(C1=NNC(P(=O)(O)O)(P(=O)(O)O)C1)C1CCCCC1. The number of rotatable bonds is 4. The minimum absolute atomic E-state index is 0.200. The second kappa shape index (κ2) is 5.57. The average Bonchev–Trinajstić information content (AvgIpc) is 2.84.